The van der Waals surface area contributed by atoms with E-state index in [-0.39, 0.29) is 23.8 Å². The standard InChI is InChI=1S/C20H18ClF2N3O2S/c1-2-7-26(19(27)11-29-13-4-6-15(22)16(23)9-13)10-18-24-17-8-12(21)3-5-14(17)20(28)25-18/h3-6,8-9H,2,7,10-11H2,1H3,(H,24,25,28). The lowest BCUT2D eigenvalue weighted by atomic mass is 10.2. The topological polar surface area (TPSA) is 66.1 Å². The second-order valence-electron chi connectivity index (χ2n) is 6.35. The molecule has 1 heterocycles. The Kier molecular flexibility index (Phi) is 6.87. The summed E-state index contributed by atoms with van der Waals surface area (Å²) < 4.78 is 26.4. The van der Waals surface area contributed by atoms with Crippen molar-refractivity contribution in [2.24, 2.45) is 0 Å². The zero-order chi connectivity index (χ0) is 21.0. The van der Waals surface area contributed by atoms with Gasteiger partial charge in [0, 0.05) is 16.5 Å². The van der Waals surface area contributed by atoms with Gasteiger partial charge in [-0.25, -0.2) is 13.8 Å². The van der Waals surface area contributed by atoms with Gasteiger partial charge < -0.3 is 9.88 Å². The number of nitrogens with one attached hydrogen (secondary N) is 1. The van der Waals surface area contributed by atoms with Gasteiger partial charge in [-0.1, -0.05) is 18.5 Å². The first-order valence-electron chi connectivity index (χ1n) is 8.91. The molecule has 0 aliphatic carbocycles. The van der Waals surface area contributed by atoms with E-state index in [1.54, 1.807) is 23.1 Å². The highest BCUT2D eigenvalue weighted by Gasteiger charge is 2.16. The number of carbonyl (C=O) groups excluding carboxylic acids is 1. The summed E-state index contributed by atoms with van der Waals surface area (Å²) in [5.41, 5.74) is 0.151. The fourth-order valence-electron chi connectivity index (χ4n) is 2.78. The van der Waals surface area contributed by atoms with Crippen LogP contribution in [-0.2, 0) is 11.3 Å². The summed E-state index contributed by atoms with van der Waals surface area (Å²) in [4.78, 5) is 34.1. The van der Waals surface area contributed by atoms with Gasteiger partial charge in [-0.05, 0) is 42.8 Å². The molecule has 1 N–H and O–H groups in total. The molecule has 0 bridgehead atoms. The van der Waals surface area contributed by atoms with Crippen molar-refractivity contribution < 1.29 is 13.6 Å². The quantitative estimate of drug-likeness (QED) is 0.557. The monoisotopic (exact) mass is 437 g/mol. The number of carbonyl (C=O) groups is 1. The molecule has 0 fully saturated rings. The van der Waals surface area contributed by atoms with E-state index < -0.39 is 11.6 Å². The van der Waals surface area contributed by atoms with Gasteiger partial charge in [0.1, 0.15) is 5.82 Å². The molecule has 2 aromatic carbocycles. The summed E-state index contributed by atoms with van der Waals surface area (Å²) in [5, 5.41) is 0.881. The van der Waals surface area contributed by atoms with Crippen molar-refractivity contribution in [3.63, 3.8) is 0 Å². The Bertz CT molecular complexity index is 1110. The van der Waals surface area contributed by atoms with Crippen LogP contribution in [0.25, 0.3) is 10.9 Å². The summed E-state index contributed by atoms with van der Waals surface area (Å²) >= 11 is 7.10. The van der Waals surface area contributed by atoms with Crippen LogP contribution in [0.15, 0.2) is 46.1 Å². The number of aromatic nitrogens is 2. The molecule has 152 valence electrons. The zero-order valence-corrected chi connectivity index (χ0v) is 17.1. The van der Waals surface area contributed by atoms with Crippen LogP contribution in [0.4, 0.5) is 8.78 Å². The number of halogens is 3. The van der Waals surface area contributed by atoms with Crippen molar-refractivity contribution in [1.82, 2.24) is 14.9 Å². The molecule has 0 aliphatic rings. The zero-order valence-electron chi connectivity index (χ0n) is 15.5. The van der Waals surface area contributed by atoms with Crippen molar-refractivity contribution in [2.75, 3.05) is 12.3 Å². The summed E-state index contributed by atoms with van der Waals surface area (Å²) in [6.45, 7) is 2.52. The minimum atomic E-state index is -0.954. The highest BCUT2D eigenvalue weighted by Crippen LogP contribution is 2.21. The molecular weight excluding hydrogens is 420 g/mol. The van der Waals surface area contributed by atoms with E-state index in [1.807, 2.05) is 6.92 Å². The summed E-state index contributed by atoms with van der Waals surface area (Å²) in [5.74, 6) is -1.68. The largest absolute Gasteiger partial charge is 0.335 e. The van der Waals surface area contributed by atoms with Crippen molar-refractivity contribution >= 4 is 40.2 Å². The number of hydrogen-bond acceptors (Lipinski definition) is 4. The molecule has 0 radical (unpaired) electrons. The molecule has 0 saturated carbocycles. The minimum Gasteiger partial charge on any atom is -0.335 e. The molecule has 3 aromatic rings. The van der Waals surface area contributed by atoms with Gasteiger partial charge >= 0.3 is 0 Å². The van der Waals surface area contributed by atoms with Crippen LogP contribution in [0, 0.1) is 11.6 Å². The fourth-order valence-corrected chi connectivity index (χ4v) is 3.77. The van der Waals surface area contributed by atoms with Gasteiger partial charge in [-0.2, -0.15) is 0 Å². The number of nitrogens with zero attached hydrogens (tertiary/aromatic N) is 2. The second-order valence-corrected chi connectivity index (χ2v) is 7.84. The van der Waals surface area contributed by atoms with E-state index in [2.05, 4.69) is 9.97 Å². The Morgan fingerprint density at radius 2 is 2.00 bits per heavy atom. The van der Waals surface area contributed by atoms with Crippen LogP contribution in [0.2, 0.25) is 5.02 Å². The van der Waals surface area contributed by atoms with Gasteiger partial charge in [-0.3, -0.25) is 9.59 Å². The van der Waals surface area contributed by atoms with Crippen LogP contribution in [0.1, 0.15) is 19.2 Å². The molecular formula is C20H18ClF2N3O2S. The van der Waals surface area contributed by atoms with Crippen molar-refractivity contribution in [2.45, 2.75) is 24.8 Å². The normalized spacial score (nSPS) is 11.0. The second kappa shape index (κ2) is 9.37. The maximum absolute atomic E-state index is 13.3. The van der Waals surface area contributed by atoms with E-state index in [0.29, 0.717) is 39.6 Å². The van der Waals surface area contributed by atoms with E-state index in [1.165, 1.54) is 6.07 Å². The highest BCUT2D eigenvalue weighted by molar-refractivity contribution is 8.00. The van der Waals surface area contributed by atoms with E-state index in [4.69, 9.17) is 11.6 Å². The van der Waals surface area contributed by atoms with Crippen LogP contribution >= 0.6 is 23.4 Å². The molecule has 5 nitrogen and oxygen atoms in total. The lowest BCUT2D eigenvalue weighted by Gasteiger charge is -2.21. The number of rotatable bonds is 7. The number of H-pyrrole nitrogens is 1. The molecule has 0 spiro atoms. The first-order chi connectivity index (χ1) is 13.9. The number of thioether (sulfide) groups is 1. The molecule has 1 amide bonds. The van der Waals surface area contributed by atoms with Gasteiger partial charge in [0.25, 0.3) is 5.56 Å². The van der Waals surface area contributed by atoms with Crippen LogP contribution in [0.3, 0.4) is 0 Å². The fraction of sp³-hybridized carbons (Fsp3) is 0.250. The highest BCUT2D eigenvalue weighted by atomic mass is 35.5. The van der Waals surface area contributed by atoms with Crippen molar-refractivity contribution in [1.29, 1.82) is 0 Å². The van der Waals surface area contributed by atoms with E-state index >= 15 is 0 Å². The first kappa shape index (κ1) is 21.3. The summed E-state index contributed by atoms with van der Waals surface area (Å²) in [6.07, 6.45) is 0.714. The predicted octanol–water partition coefficient (Wildman–Crippen LogP) is 4.39. The Morgan fingerprint density at radius 1 is 1.21 bits per heavy atom. The molecule has 0 saturated heterocycles. The van der Waals surface area contributed by atoms with Crippen molar-refractivity contribution in [3.8, 4) is 0 Å². The number of hydrogen-bond donors (Lipinski definition) is 1. The Balaban J connectivity index is 1.75. The molecule has 3 rings (SSSR count). The Hall–Kier alpha value is -2.45. The summed E-state index contributed by atoms with van der Waals surface area (Å²) in [7, 11) is 0. The molecule has 0 unspecified atom stereocenters. The first-order valence-corrected chi connectivity index (χ1v) is 10.3. The predicted molar refractivity (Wildman–Crippen MR) is 110 cm³/mol. The molecule has 1 aromatic heterocycles. The van der Waals surface area contributed by atoms with Crippen molar-refractivity contribution in [3.05, 3.63) is 69.2 Å². The maximum Gasteiger partial charge on any atom is 0.258 e. The third-order valence-electron chi connectivity index (χ3n) is 4.16. The maximum atomic E-state index is 13.3. The molecule has 0 atom stereocenters. The van der Waals surface area contributed by atoms with Gasteiger partial charge in [0.2, 0.25) is 5.91 Å². The third kappa shape index (κ3) is 5.33. The summed E-state index contributed by atoms with van der Waals surface area (Å²) in [6, 6.07) is 8.32. The van der Waals surface area contributed by atoms with Gasteiger partial charge in [0.05, 0.1) is 23.2 Å². The number of fused-ring (bicyclic) bond motifs is 1. The van der Waals surface area contributed by atoms with Crippen LogP contribution in [0.5, 0.6) is 0 Å². The van der Waals surface area contributed by atoms with Crippen LogP contribution in [-0.4, -0.2) is 33.1 Å². The van der Waals surface area contributed by atoms with Crippen LogP contribution < -0.4 is 5.56 Å². The Labute approximate surface area is 175 Å². The average Bonchev–Trinajstić information content (AvgIpc) is 2.68. The number of benzene rings is 2. The smallest absolute Gasteiger partial charge is 0.258 e. The van der Waals surface area contributed by atoms with Gasteiger partial charge in [-0.15, -0.1) is 11.8 Å². The van der Waals surface area contributed by atoms with E-state index in [9.17, 15) is 18.4 Å². The SMILES string of the molecule is CCCN(Cc1nc2cc(Cl)ccc2c(=O)[nH]1)C(=O)CSc1ccc(F)c(F)c1. The average molecular weight is 438 g/mol. The van der Waals surface area contributed by atoms with Gasteiger partial charge in [0.15, 0.2) is 11.6 Å². The minimum absolute atomic E-state index is 0.0503. The third-order valence-corrected chi connectivity index (χ3v) is 5.37. The number of amides is 1. The van der Waals surface area contributed by atoms with E-state index in [0.717, 1.165) is 23.9 Å². The molecule has 29 heavy (non-hydrogen) atoms. The lowest BCUT2D eigenvalue weighted by Crippen LogP contribution is -2.34. The lowest BCUT2D eigenvalue weighted by molar-refractivity contribution is -0.129. The molecule has 0 aliphatic heterocycles. The molecule has 9 heteroatoms. The Morgan fingerprint density at radius 3 is 2.72 bits per heavy atom. The number of aromatic amines is 1.